The van der Waals surface area contributed by atoms with E-state index in [4.69, 9.17) is 9.47 Å². The van der Waals surface area contributed by atoms with E-state index in [0.717, 1.165) is 24.0 Å². The largest absolute Gasteiger partial charge is 0.465 e. The van der Waals surface area contributed by atoms with Gasteiger partial charge in [-0.05, 0) is 37.3 Å². The molecule has 0 heterocycles. The summed E-state index contributed by atoms with van der Waals surface area (Å²) in [5.74, 6) is -0.711. The lowest BCUT2D eigenvalue weighted by molar-refractivity contribution is -0.150. The summed E-state index contributed by atoms with van der Waals surface area (Å²) in [5, 5.41) is 3.10. The number of aryl methyl sites for hydroxylation is 1. The van der Waals surface area contributed by atoms with Crippen molar-refractivity contribution in [3.8, 4) is 0 Å². The number of benzene rings is 2. The van der Waals surface area contributed by atoms with Crippen LogP contribution in [0.15, 0.2) is 60.7 Å². The summed E-state index contributed by atoms with van der Waals surface area (Å²) >= 11 is 0. The van der Waals surface area contributed by atoms with Gasteiger partial charge in [-0.2, -0.15) is 0 Å². The molecule has 5 heteroatoms. The number of carbonyl (C=O) groups excluding carboxylic acids is 2. The first kappa shape index (κ1) is 22.6. The maximum atomic E-state index is 12.5. The molecule has 1 N–H and O–H groups in total. The van der Waals surface area contributed by atoms with E-state index in [1.165, 1.54) is 0 Å². The molecule has 0 aliphatic heterocycles. The van der Waals surface area contributed by atoms with Crippen LogP contribution in [0.25, 0.3) is 0 Å². The second-order valence-corrected chi connectivity index (χ2v) is 7.08. The Kier molecular flexibility index (Phi) is 9.93. The Bertz CT molecular complexity index is 733. The van der Waals surface area contributed by atoms with Crippen LogP contribution in [0.3, 0.4) is 0 Å². The Morgan fingerprint density at radius 2 is 1.52 bits per heavy atom. The van der Waals surface area contributed by atoms with Crippen LogP contribution in [0.4, 0.5) is 0 Å². The summed E-state index contributed by atoms with van der Waals surface area (Å²) in [6.07, 6.45) is 3.04. The Labute approximate surface area is 173 Å². The van der Waals surface area contributed by atoms with Gasteiger partial charge in [-0.3, -0.25) is 14.9 Å². The molecular weight excluding hydrogens is 366 g/mol. The zero-order chi connectivity index (χ0) is 20.9. The van der Waals surface area contributed by atoms with E-state index in [9.17, 15) is 9.59 Å². The van der Waals surface area contributed by atoms with Crippen molar-refractivity contribution in [3.63, 3.8) is 0 Å². The average Bonchev–Trinajstić information content (AvgIpc) is 2.76. The number of rotatable bonds is 12. The predicted octanol–water partition coefficient (Wildman–Crippen LogP) is 4.05. The second kappa shape index (κ2) is 12.7. The summed E-state index contributed by atoms with van der Waals surface area (Å²) in [6.45, 7) is 4.36. The number of esters is 2. The highest BCUT2D eigenvalue weighted by molar-refractivity contribution is 5.79. The lowest BCUT2D eigenvalue weighted by Crippen LogP contribution is -2.47. The zero-order valence-corrected chi connectivity index (χ0v) is 17.3. The summed E-state index contributed by atoms with van der Waals surface area (Å²) in [5.41, 5.74) is 2.06. The Hall–Kier alpha value is -2.66. The van der Waals surface area contributed by atoms with E-state index in [2.05, 4.69) is 5.32 Å². The molecule has 0 unspecified atom stereocenters. The van der Waals surface area contributed by atoms with Crippen molar-refractivity contribution in [1.82, 2.24) is 5.32 Å². The smallest absolute Gasteiger partial charge is 0.323 e. The maximum absolute atomic E-state index is 12.5. The molecule has 0 spiro atoms. The number of hydrogen-bond donors (Lipinski definition) is 1. The molecule has 0 aromatic heterocycles. The lowest BCUT2D eigenvalue weighted by atomic mass is 10.0. The first-order valence-corrected chi connectivity index (χ1v) is 10.3. The van der Waals surface area contributed by atoms with E-state index in [1.54, 1.807) is 6.92 Å². The first-order valence-electron chi connectivity index (χ1n) is 10.3. The second-order valence-electron chi connectivity index (χ2n) is 7.08. The Balaban J connectivity index is 1.91. The minimum atomic E-state index is -0.613. The molecule has 2 aromatic carbocycles. The van der Waals surface area contributed by atoms with Gasteiger partial charge in [-0.1, -0.05) is 74.0 Å². The third-order valence-corrected chi connectivity index (χ3v) is 4.62. The minimum absolute atomic E-state index is 0.210. The summed E-state index contributed by atoms with van der Waals surface area (Å²) in [7, 11) is 0. The van der Waals surface area contributed by atoms with Gasteiger partial charge in [0.15, 0.2) is 0 Å². The molecule has 29 heavy (non-hydrogen) atoms. The number of unbranched alkanes of at least 4 members (excludes halogenated alkanes) is 1. The van der Waals surface area contributed by atoms with E-state index >= 15 is 0 Å². The molecule has 0 bridgehead atoms. The van der Waals surface area contributed by atoms with Gasteiger partial charge in [0.2, 0.25) is 0 Å². The molecular formula is C24H31NO4. The van der Waals surface area contributed by atoms with Crippen molar-refractivity contribution >= 4 is 11.9 Å². The van der Waals surface area contributed by atoms with Gasteiger partial charge < -0.3 is 9.47 Å². The molecule has 2 aromatic rings. The molecule has 0 radical (unpaired) electrons. The molecule has 0 aliphatic carbocycles. The lowest BCUT2D eigenvalue weighted by Gasteiger charge is -2.21. The molecule has 5 nitrogen and oxygen atoms in total. The summed E-state index contributed by atoms with van der Waals surface area (Å²) < 4.78 is 10.8. The SMILES string of the molecule is CCCCOC(=O)[C@H](CCc1ccccc1)N[C@@H](C)C(=O)OCc1ccccc1. The standard InChI is InChI=1S/C24H31NO4/c1-3-4-17-28-24(27)22(16-15-20-11-7-5-8-12-20)25-19(2)23(26)29-18-21-13-9-6-10-14-21/h5-14,19,22,25H,3-4,15-18H2,1-2H3/t19-,22-/m0/s1. The van der Waals surface area contributed by atoms with Gasteiger partial charge in [0, 0.05) is 0 Å². The normalized spacial score (nSPS) is 12.8. The van der Waals surface area contributed by atoms with Crippen molar-refractivity contribution in [1.29, 1.82) is 0 Å². The third-order valence-electron chi connectivity index (χ3n) is 4.62. The van der Waals surface area contributed by atoms with E-state index in [-0.39, 0.29) is 18.5 Å². The van der Waals surface area contributed by atoms with Crippen LogP contribution in [-0.4, -0.2) is 30.6 Å². The van der Waals surface area contributed by atoms with Crippen LogP contribution < -0.4 is 5.32 Å². The molecule has 2 rings (SSSR count). The van der Waals surface area contributed by atoms with Crippen LogP contribution >= 0.6 is 0 Å². The van der Waals surface area contributed by atoms with Gasteiger partial charge >= 0.3 is 11.9 Å². The molecule has 0 saturated heterocycles. The summed E-state index contributed by atoms with van der Waals surface area (Å²) in [6, 6.07) is 18.3. The maximum Gasteiger partial charge on any atom is 0.323 e. The van der Waals surface area contributed by atoms with Crippen molar-refractivity contribution < 1.29 is 19.1 Å². The number of nitrogens with one attached hydrogen (secondary N) is 1. The predicted molar refractivity (Wildman–Crippen MR) is 113 cm³/mol. The van der Waals surface area contributed by atoms with Crippen molar-refractivity contribution in [2.45, 2.75) is 58.2 Å². The van der Waals surface area contributed by atoms with Gasteiger partial charge in [-0.25, -0.2) is 0 Å². The van der Waals surface area contributed by atoms with E-state index < -0.39 is 12.1 Å². The van der Waals surface area contributed by atoms with Crippen molar-refractivity contribution in [2.75, 3.05) is 6.61 Å². The van der Waals surface area contributed by atoms with Crippen molar-refractivity contribution in [2.24, 2.45) is 0 Å². The molecule has 0 aliphatic rings. The molecule has 2 atom stereocenters. The molecule has 0 amide bonds. The van der Waals surface area contributed by atoms with E-state index in [0.29, 0.717) is 19.4 Å². The van der Waals surface area contributed by atoms with E-state index in [1.807, 2.05) is 67.6 Å². The van der Waals surface area contributed by atoms with Gasteiger partial charge in [-0.15, -0.1) is 0 Å². The molecule has 0 fully saturated rings. The van der Waals surface area contributed by atoms with Crippen LogP contribution in [-0.2, 0) is 32.1 Å². The fourth-order valence-electron chi connectivity index (χ4n) is 2.87. The Morgan fingerprint density at radius 1 is 0.897 bits per heavy atom. The quantitative estimate of drug-likeness (QED) is 0.432. The average molecular weight is 398 g/mol. The number of carbonyl (C=O) groups is 2. The highest BCUT2D eigenvalue weighted by atomic mass is 16.5. The van der Waals surface area contributed by atoms with Gasteiger partial charge in [0.1, 0.15) is 18.7 Å². The van der Waals surface area contributed by atoms with Crippen LogP contribution in [0.5, 0.6) is 0 Å². The summed E-state index contributed by atoms with van der Waals surface area (Å²) in [4.78, 5) is 24.9. The van der Waals surface area contributed by atoms with Crippen LogP contribution in [0.2, 0.25) is 0 Å². The molecule has 156 valence electrons. The van der Waals surface area contributed by atoms with Gasteiger partial charge in [0.05, 0.1) is 6.61 Å². The topological polar surface area (TPSA) is 64.6 Å². The monoisotopic (exact) mass is 397 g/mol. The van der Waals surface area contributed by atoms with Crippen LogP contribution in [0, 0.1) is 0 Å². The fraction of sp³-hybridized carbons (Fsp3) is 0.417. The zero-order valence-electron chi connectivity index (χ0n) is 17.3. The highest BCUT2D eigenvalue weighted by Crippen LogP contribution is 2.09. The minimum Gasteiger partial charge on any atom is -0.465 e. The highest BCUT2D eigenvalue weighted by Gasteiger charge is 2.25. The first-order chi connectivity index (χ1) is 14.1. The Morgan fingerprint density at radius 3 is 2.14 bits per heavy atom. The fourth-order valence-corrected chi connectivity index (χ4v) is 2.87. The van der Waals surface area contributed by atoms with Crippen LogP contribution in [0.1, 0.15) is 44.2 Å². The number of hydrogen-bond acceptors (Lipinski definition) is 5. The molecule has 0 saturated carbocycles. The van der Waals surface area contributed by atoms with Gasteiger partial charge in [0.25, 0.3) is 0 Å². The third kappa shape index (κ3) is 8.48. The number of ether oxygens (including phenoxy) is 2. The van der Waals surface area contributed by atoms with Crippen molar-refractivity contribution in [3.05, 3.63) is 71.8 Å².